The Morgan fingerprint density at radius 3 is 2.41 bits per heavy atom. The maximum atomic E-state index is 11.9. The van der Waals surface area contributed by atoms with Gasteiger partial charge in [0.05, 0.1) is 0 Å². The third-order valence-electron chi connectivity index (χ3n) is 3.28. The maximum Gasteiger partial charge on any atom is 0.339 e. The SMILES string of the molecule is O=C1O/C(=C\c2ccc(Cl)cc2)C=C1Cc1ccc(Br)cc1. The van der Waals surface area contributed by atoms with Gasteiger partial charge in [-0.05, 0) is 47.5 Å². The van der Waals surface area contributed by atoms with Gasteiger partial charge in [-0.15, -0.1) is 0 Å². The molecule has 4 heteroatoms. The van der Waals surface area contributed by atoms with E-state index < -0.39 is 0 Å². The van der Waals surface area contributed by atoms with Crippen LogP contribution < -0.4 is 0 Å². The molecule has 0 fully saturated rings. The standard InChI is InChI=1S/C18H12BrClO2/c19-15-5-1-12(2-6-15)9-14-11-17(22-18(14)21)10-13-3-7-16(20)8-4-13/h1-8,10-11H,9H2/b17-10-. The van der Waals surface area contributed by atoms with Gasteiger partial charge in [-0.1, -0.05) is 51.8 Å². The highest BCUT2D eigenvalue weighted by Gasteiger charge is 2.21. The third-order valence-corrected chi connectivity index (χ3v) is 4.06. The molecule has 110 valence electrons. The number of ether oxygens (including phenoxy) is 1. The normalized spacial score (nSPS) is 15.8. The van der Waals surface area contributed by atoms with E-state index in [1.165, 1.54) is 0 Å². The van der Waals surface area contributed by atoms with Crippen molar-refractivity contribution < 1.29 is 9.53 Å². The summed E-state index contributed by atoms with van der Waals surface area (Å²) >= 11 is 9.25. The molecule has 1 aliphatic rings. The summed E-state index contributed by atoms with van der Waals surface area (Å²) in [4.78, 5) is 11.9. The Labute approximate surface area is 142 Å². The highest BCUT2D eigenvalue weighted by atomic mass is 79.9. The van der Waals surface area contributed by atoms with Crippen LogP contribution in [-0.4, -0.2) is 5.97 Å². The lowest BCUT2D eigenvalue weighted by Gasteiger charge is -2.00. The molecule has 0 bridgehead atoms. The molecule has 1 aliphatic heterocycles. The average molecular weight is 376 g/mol. The first-order chi connectivity index (χ1) is 10.6. The number of benzene rings is 2. The van der Waals surface area contributed by atoms with Crippen LogP contribution in [0.1, 0.15) is 11.1 Å². The first-order valence-electron chi connectivity index (χ1n) is 6.74. The fourth-order valence-corrected chi connectivity index (χ4v) is 2.56. The van der Waals surface area contributed by atoms with Crippen LogP contribution in [0.25, 0.3) is 6.08 Å². The van der Waals surface area contributed by atoms with E-state index in [1.807, 2.05) is 42.5 Å². The van der Waals surface area contributed by atoms with E-state index in [1.54, 1.807) is 18.2 Å². The zero-order valence-corrected chi connectivity index (χ0v) is 13.9. The van der Waals surface area contributed by atoms with Gasteiger partial charge in [-0.3, -0.25) is 0 Å². The van der Waals surface area contributed by atoms with Gasteiger partial charge in [-0.2, -0.15) is 0 Å². The lowest BCUT2D eigenvalue weighted by atomic mass is 10.1. The fraction of sp³-hybridized carbons (Fsp3) is 0.0556. The number of carbonyl (C=O) groups excluding carboxylic acids is 1. The van der Waals surface area contributed by atoms with Crippen molar-refractivity contribution in [2.75, 3.05) is 0 Å². The van der Waals surface area contributed by atoms with E-state index in [9.17, 15) is 4.79 Å². The molecule has 0 saturated heterocycles. The Morgan fingerprint density at radius 1 is 1.05 bits per heavy atom. The zero-order chi connectivity index (χ0) is 15.5. The van der Waals surface area contributed by atoms with E-state index in [-0.39, 0.29) is 5.97 Å². The van der Waals surface area contributed by atoms with Crippen molar-refractivity contribution >= 4 is 39.6 Å². The molecule has 0 saturated carbocycles. The average Bonchev–Trinajstić information content (AvgIpc) is 2.84. The summed E-state index contributed by atoms with van der Waals surface area (Å²) in [6.45, 7) is 0. The minimum Gasteiger partial charge on any atom is -0.423 e. The topological polar surface area (TPSA) is 26.3 Å². The predicted molar refractivity (Wildman–Crippen MR) is 91.5 cm³/mol. The van der Waals surface area contributed by atoms with E-state index in [2.05, 4.69) is 15.9 Å². The van der Waals surface area contributed by atoms with Gasteiger partial charge < -0.3 is 4.74 Å². The largest absolute Gasteiger partial charge is 0.423 e. The molecule has 0 aliphatic carbocycles. The Bertz CT molecular complexity index is 759. The van der Waals surface area contributed by atoms with Crippen LogP contribution in [0.4, 0.5) is 0 Å². The molecule has 0 atom stereocenters. The van der Waals surface area contributed by atoms with E-state index >= 15 is 0 Å². The summed E-state index contributed by atoms with van der Waals surface area (Å²) in [5, 5.41) is 0.678. The molecule has 1 heterocycles. The molecule has 0 amide bonds. The molecule has 0 N–H and O–H groups in total. The lowest BCUT2D eigenvalue weighted by Crippen LogP contribution is -2.01. The van der Waals surface area contributed by atoms with Crippen LogP contribution in [-0.2, 0) is 16.0 Å². The van der Waals surface area contributed by atoms with E-state index in [4.69, 9.17) is 16.3 Å². The molecule has 0 radical (unpaired) electrons. The third kappa shape index (κ3) is 3.67. The van der Waals surface area contributed by atoms with Gasteiger partial charge in [0.25, 0.3) is 0 Å². The van der Waals surface area contributed by atoms with Gasteiger partial charge in [-0.25, -0.2) is 4.79 Å². The highest BCUT2D eigenvalue weighted by Crippen LogP contribution is 2.24. The van der Waals surface area contributed by atoms with Crippen molar-refractivity contribution in [3.63, 3.8) is 0 Å². The molecule has 0 unspecified atom stereocenters. The van der Waals surface area contributed by atoms with E-state index in [0.29, 0.717) is 22.8 Å². The van der Waals surface area contributed by atoms with Crippen molar-refractivity contribution in [1.29, 1.82) is 0 Å². The van der Waals surface area contributed by atoms with Gasteiger partial charge in [0.2, 0.25) is 0 Å². The summed E-state index contributed by atoms with van der Waals surface area (Å²) < 4.78 is 6.31. The van der Waals surface area contributed by atoms with Crippen molar-refractivity contribution in [2.24, 2.45) is 0 Å². The second-order valence-corrected chi connectivity index (χ2v) is 6.31. The Balaban J connectivity index is 1.79. The quantitative estimate of drug-likeness (QED) is 0.692. The molecule has 0 aromatic heterocycles. The fourth-order valence-electron chi connectivity index (χ4n) is 2.17. The van der Waals surface area contributed by atoms with Gasteiger partial charge in [0, 0.05) is 21.5 Å². The van der Waals surface area contributed by atoms with Crippen LogP contribution in [0.3, 0.4) is 0 Å². The van der Waals surface area contributed by atoms with Gasteiger partial charge in [0.15, 0.2) is 0 Å². The summed E-state index contributed by atoms with van der Waals surface area (Å²) in [7, 11) is 0. The second-order valence-electron chi connectivity index (χ2n) is 4.96. The zero-order valence-electron chi connectivity index (χ0n) is 11.6. The summed E-state index contributed by atoms with van der Waals surface area (Å²) in [6.07, 6.45) is 4.17. The first-order valence-corrected chi connectivity index (χ1v) is 7.92. The number of halogens is 2. The number of esters is 1. The minimum absolute atomic E-state index is 0.289. The van der Waals surface area contributed by atoms with Crippen LogP contribution in [0, 0.1) is 0 Å². The Hall–Kier alpha value is -1.84. The monoisotopic (exact) mass is 374 g/mol. The van der Waals surface area contributed by atoms with Crippen molar-refractivity contribution in [1.82, 2.24) is 0 Å². The van der Waals surface area contributed by atoms with Crippen molar-refractivity contribution in [3.05, 3.63) is 86.6 Å². The van der Waals surface area contributed by atoms with Crippen LogP contribution >= 0.6 is 27.5 Å². The van der Waals surface area contributed by atoms with Crippen LogP contribution in [0.2, 0.25) is 5.02 Å². The second kappa shape index (κ2) is 6.51. The lowest BCUT2D eigenvalue weighted by molar-refractivity contribution is -0.133. The first kappa shape index (κ1) is 15.1. The minimum atomic E-state index is -0.289. The molecular weight excluding hydrogens is 364 g/mol. The summed E-state index contributed by atoms with van der Waals surface area (Å²) in [6, 6.07) is 15.3. The number of rotatable bonds is 3. The number of cyclic esters (lactones) is 1. The van der Waals surface area contributed by atoms with Crippen LogP contribution in [0.5, 0.6) is 0 Å². The summed E-state index contributed by atoms with van der Waals surface area (Å²) in [5.41, 5.74) is 2.66. The molecule has 2 aromatic carbocycles. The number of allylic oxidation sites excluding steroid dienone is 1. The molecule has 2 aromatic rings. The number of hydrogen-bond donors (Lipinski definition) is 0. The molecule has 2 nitrogen and oxygen atoms in total. The molecule has 22 heavy (non-hydrogen) atoms. The predicted octanol–water partition coefficient (Wildman–Crippen LogP) is 5.17. The number of carbonyl (C=O) groups is 1. The van der Waals surface area contributed by atoms with Crippen molar-refractivity contribution in [2.45, 2.75) is 6.42 Å². The highest BCUT2D eigenvalue weighted by molar-refractivity contribution is 9.10. The molecule has 0 spiro atoms. The van der Waals surface area contributed by atoms with Crippen LogP contribution in [0.15, 0.2) is 70.4 Å². The molecular formula is C18H12BrClO2. The Kier molecular flexibility index (Phi) is 4.46. The van der Waals surface area contributed by atoms with Crippen molar-refractivity contribution in [3.8, 4) is 0 Å². The summed E-state index contributed by atoms with van der Waals surface area (Å²) in [5.74, 6) is 0.266. The smallest absolute Gasteiger partial charge is 0.339 e. The molecule has 3 rings (SSSR count). The number of hydrogen-bond acceptors (Lipinski definition) is 2. The van der Waals surface area contributed by atoms with Gasteiger partial charge >= 0.3 is 5.97 Å². The van der Waals surface area contributed by atoms with E-state index in [0.717, 1.165) is 15.6 Å². The van der Waals surface area contributed by atoms with Gasteiger partial charge in [0.1, 0.15) is 5.76 Å². The Morgan fingerprint density at radius 2 is 1.73 bits per heavy atom. The maximum absolute atomic E-state index is 11.9.